The Morgan fingerprint density at radius 3 is 2.68 bits per heavy atom. The summed E-state index contributed by atoms with van der Waals surface area (Å²) in [5, 5.41) is 0. The number of nitrogens with zero attached hydrogens (tertiary/aromatic N) is 3. The molecule has 0 aromatic carbocycles. The first-order valence-electron chi connectivity index (χ1n) is 6.63. The Hall–Kier alpha value is -1.17. The van der Waals surface area contributed by atoms with Crippen LogP contribution in [0.3, 0.4) is 0 Å². The summed E-state index contributed by atoms with van der Waals surface area (Å²) in [6.45, 7) is 5.16. The number of unbranched alkanes of at least 4 members (excludes halogenated alkanes) is 1. The van der Waals surface area contributed by atoms with Crippen molar-refractivity contribution in [2.45, 2.75) is 39.5 Å². The molecule has 0 radical (unpaired) electrons. The molecule has 1 heterocycles. The normalized spacial score (nSPS) is 10.5. The first-order valence-corrected chi connectivity index (χ1v) is 7.42. The average molecular weight is 329 g/mol. The summed E-state index contributed by atoms with van der Waals surface area (Å²) in [6, 6.07) is 1.83. The van der Waals surface area contributed by atoms with Gasteiger partial charge < -0.3 is 10.6 Å². The molecule has 106 valence electrons. The molecule has 1 rings (SSSR count). The zero-order valence-electron chi connectivity index (χ0n) is 11.5. The van der Waals surface area contributed by atoms with E-state index in [0.29, 0.717) is 0 Å². The van der Waals surface area contributed by atoms with Crippen LogP contribution in [-0.4, -0.2) is 29.0 Å². The lowest BCUT2D eigenvalue weighted by atomic mass is 10.3. The molecule has 0 aliphatic carbocycles. The van der Waals surface area contributed by atoms with Crippen LogP contribution in [0.4, 0.5) is 5.82 Å². The van der Waals surface area contributed by atoms with Crippen LogP contribution in [0, 0.1) is 0 Å². The van der Waals surface area contributed by atoms with Crippen LogP contribution in [0.25, 0.3) is 0 Å². The van der Waals surface area contributed by atoms with Crippen LogP contribution in [0.15, 0.2) is 10.7 Å². The Morgan fingerprint density at radius 2 is 2.11 bits per heavy atom. The number of rotatable bonds is 8. The van der Waals surface area contributed by atoms with Gasteiger partial charge in [-0.15, -0.1) is 0 Å². The van der Waals surface area contributed by atoms with Gasteiger partial charge >= 0.3 is 0 Å². The molecule has 0 unspecified atom stereocenters. The molecule has 19 heavy (non-hydrogen) atoms. The number of nitrogens with two attached hydrogens (primary N) is 1. The van der Waals surface area contributed by atoms with E-state index in [9.17, 15) is 4.79 Å². The maximum absolute atomic E-state index is 11.2. The largest absolute Gasteiger partial charge is 0.368 e. The molecule has 0 fully saturated rings. The van der Waals surface area contributed by atoms with Gasteiger partial charge in [-0.25, -0.2) is 9.97 Å². The summed E-state index contributed by atoms with van der Waals surface area (Å²) in [6.07, 6.45) is 3.87. The van der Waals surface area contributed by atoms with E-state index in [1.807, 2.05) is 11.0 Å². The molecule has 0 saturated heterocycles. The van der Waals surface area contributed by atoms with Gasteiger partial charge in [-0.1, -0.05) is 20.3 Å². The molecule has 1 amide bonds. The minimum absolute atomic E-state index is 0.190. The maximum atomic E-state index is 11.2. The minimum Gasteiger partial charge on any atom is -0.368 e. The molecule has 2 N–H and O–H groups in total. The van der Waals surface area contributed by atoms with E-state index in [4.69, 9.17) is 5.73 Å². The molecule has 0 aliphatic rings. The van der Waals surface area contributed by atoms with Gasteiger partial charge in [-0.2, -0.15) is 0 Å². The van der Waals surface area contributed by atoms with Gasteiger partial charge in [0.25, 0.3) is 0 Å². The number of carbonyl (C=O) groups excluding carboxylic acids is 1. The van der Waals surface area contributed by atoms with Crippen LogP contribution in [-0.2, 0) is 11.2 Å². The second-order valence-electron chi connectivity index (χ2n) is 4.46. The number of hydrogen-bond acceptors (Lipinski definition) is 4. The quantitative estimate of drug-likeness (QED) is 0.743. The number of aromatic nitrogens is 2. The minimum atomic E-state index is -0.345. The molecule has 0 spiro atoms. The summed E-state index contributed by atoms with van der Waals surface area (Å²) < 4.78 is 0.743. The summed E-state index contributed by atoms with van der Waals surface area (Å²) in [5.41, 5.74) is 5.30. The predicted molar refractivity (Wildman–Crippen MR) is 80.0 cm³/mol. The summed E-state index contributed by atoms with van der Waals surface area (Å²) in [7, 11) is 0. The van der Waals surface area contributed by atoms with Crippen molar-refractivity contribution in [3.63, 3.8) is 0 Å². The number of aryl methyl sites for hydroxylation is 1. The second kappa shape index (κ2) is 8.09. The van der Waals surface area contributed by atoms with Crippen molar-refractivity contribution in [3.05, 3.63) is 16.5 Å². The smallest absolute Gasteiger partial charge is 0.236 e. The highest BCUT2D eigenvalue weighted by Gasteiger charge is 2.12. The maximum Gasteiger partial charge on any atom is 0.236 e. The van der Waals surface area contributed by atoms with E-state index in [1.54, 1.807) is 0 Å². The van der Waals surface area contributed by atoms with E-state index < -0.39 is 0 Å². The van der Waals surface area contributed by atoms with Gasteiger partial charge in [0, 0.05) is 19.0 Å². The van der Waals surface area contributed by atoms with Gasteiger partial charge in [-0.05, 0) is 28.8 Å². The fraction of sp³-hybridized carbons (Fsp3) is 0.615. The third kappa shape index (κ3) is 5.55. The number of hydrogen-bond donors (Lipinski definition) is 1. The SMILES string of the molecule is CCCCN(CC(N)=O)c1cc(Br)nc(CCC)n1. The van der Waals surface area contributed by atoms with E-state index in [2.05, 4.69) is 39.7 Å². The third-order valence-electron chi connectivity index (χ3n) is 2.65. The zero-order chi connectivity index (χ0) is 14.3. The number of carbonyl (C=O) groups is 1. The van der Waals surface area contributed by atoms with Gasteiger partial charge in [-0.3, -0.25) is 4.79 Å². The molecular formula is C13H21BrN4O. The lowest BCUT2D eigenvalue weighted by Gasteiger charge is -2.22. The monoisotopic (exact) mass is 328 g/mol. The Morgan fingerprint density at radius 1 is 1.37 bits per heavy atom. The second-order valence-corrected chi connectivity index (χ2v) is 5.27. The molecule has 5 nitrogen and oxygen atoms in total. The standard InChI is InChI=1S/C13H21BrN4O/c1-3-5-7-18(9-11(15)19)13-8-10(14)16-12(17-13)6-4-2/h8H,3-7,9H2,1-2H3,(H2,15,19). The Bertz CT molecular complexity index is 425. The van der Waals surface area contributed by atoms with Crippen LogP contribution in [0.5, 0.6) is 0 Å². The van der Waals surface area contributed by atoms with Gasteiger partial charge in [0.15, 0.2) is 0 Å². The summed E-state index contributed by atoms with van der Waals surface area (Å²) in [4.78, 5) is 21.9. The molecule has 0 atom stereocenters. The highest BCUT2D eigenvalue weighted by molar-refractivity contribution is 9.10. The highest BCUT2D eigenvalue weighted by atomic mass is 79.9. The van der Waals surface area contributed by atoms with Crippen molar-refractivity contribution < 1.29 is 4.79 Å². The summed E-state index contributed by atoms with van der Waals surface area (Å²) in [5.74, 6) is 1.21. The van der Waals surface area contributed by atoms with E-state index in [0.717, 1.165) is 48.5 Å². The fourth-order valence-corrected chi connectivity index (χ4v) is 2.17. The zero-order valence-corrected chi connectivity index (χ0v) is 13.1. The van der Waals surface area contributed by atoms with Crippen LogP contribution < -0.4 is 10.6 Å². The number of primary amides is 1. The molecule has 1 aromatic heterocycles. The Labute approximate surface area is 122 Å². The van der Waals surface area contributed by atoms with E-state index in [-0.39, 0.29) is 12.5 Å². The van der Waals surface area contributed by atoms with Crippen LogP contribution in [0.1, 0.15) is 38.9 Å². The Kier molecular flexibility index (Phi) is 6.77. The molecule has 0 aliphatic heterocycles. The van der Waals surface area contributed by atoms with Gasteiger partial charge in [0.2, 0.25) is 5.91 Å². The number of amides is 1. The van der Waals surface area contributed by atoms with Crippen molar-refractivity contribution in [1.29, 1.82) is 0 Å². The van der Waals surface area contributed by atoms with Crippen LogP contribution in [0.2, 0.25) is 0 Å². The topological polar surface area (TPSA) is 72.1 Å². The van der Waals surface area contributed by atoms with Gasteiger partial charge in [0.1, 0.15) is 16.2 Å². The van der Waals surface area contributed by atoms with Crippen molar-refractivity contribution in [3.8, 4) is 0 Å². The van der Waals surface area contributed by atoms with Crippen molar-refractivity contribution in [2.24, 2.45) is 5.73 Å². The first-order chi connectivity index (χ1) is 9.06. The summed E-state index contributed by atoms with van der Waals surface area (Å²) >= 11 is 3.39. The molecule has 1 aromatic rings. The molecule has 6 heteroatoms. The average Bonchev–Trinajstić information content (AvgIpc) is 2.33. The molecule has 0 saturated carbocycles. The van der Waals surface area contributed by atoms with Crippen molar-refractivity contribution >= 4 is 27.7 Å². The number of anilines is 1. The van der Waals surface area contributed by atoms with E-state index >= 15 is 0 Å². The number of halogens is 1. The highest BCUT2D eigenvalue weighted by Crippen LogP contribution is 2.17. The molecule has 0 bridgehead atoms. The first kappa shape index (κ1) is 15.9. The van der Waals surface area contributed by atoms with E-state index in [1.165, 1.54) is 0 Å². The molecular weight excluding hydrogens is 308 g/mol. The van der Waals surface area contributed by atoms with Gasteiger partial charge in [0.05, 0.1) is 6.54 Å². The van der Waals surface area contributed by atoms with Crippen molar-refractivity contribution in [2.75, 3.05) is 18.0 Å². The van der Waals surface area contributed by atoms with Crippen molar-refractivity contribution in [1.82, 2.24) is 9.97 Å². The third-order valence-corrected chi connectivity index (χ3v) is 3.06. The van der Waals surface area contributed by atoms with Crippen LogP contribution >= 0.6 is 15.9 Å². The predicted octanol–water partition coefficient (Wildman–Crippen LogP) is 2.28. The lowest BCUT2D eigenvalue weighted by molar-refractivity contribution is -0.116. The Balaban J connectivity index is 2.95. The lowest BCUT2D eigenvalue weighted by Crippen LogP contribution is -2.35. The fourth-order valence-electron chi connectivity index (χ4n) is 1.76.